The summed E-state index contributed by atoms with van der Waals surface area (Å²) in [5, 5.41) is 4.84. The Kier molecular flexibility index (Phi) is 9.47. The Morgan fingerprint density at radius 1 is 1.00 bits per heavy atom. The third-order valence-electron chi connectivity index (χ3n) is 9.54. The first-order valence-corrected chi connectivity index (χ1v) is 16.5. The van der Waals surface area contributed by atoms with Crippen molar-refractivity contribution in [1.29, 1.82) is 0 Å². The second kappa shape index (κ2) is 13.7. The van der Waals surface area contributed by atoms with Gasteiger partial charge in [0.15, 0.2) is 5.78 Å². The number of ketones is 1. The van der Waals surface area contributed by atoms with Crippen LogP contribution in [0.15, 0.2) is 79.0 Å². The number of aromatic nitrogens is 1. The van der Waals surface area contributed by atoms with Crippen LogP contribution in [0.25, 0.3) is 10.9 Å². The number of carbonyl (C=O) groups excluding carboxylic acids is 3. The Balaban J connectivity index is 1.26. The minimum absolute atomic E-state index is 0.123. The first-order valence-electron chi connectivity index (χ1n) is 16.1. The van der Waals surface area contributed by atoms with Crippen LogP contribution >= 0.6 is 11.6 Å². The van der Waals surface area contributed by atoms with Crippen LogP contribution in [0.4, 0.5) is 10.5 Å². The number of rotatable bonds is 8. The van der Waals surface area contributed by atoms with Crippen molar-refractivity contribution >= 4 is 45.9 Å². The number of amides is 3. The summed E-state index contributed by atoms with van der Waals surface area (Å²) in [6, 6.07) is 22.0. The molecule has 1 fully saturated rings. The van der Waals surface area contributed by atoms with Crippen molar-refractivity contribution in [2.45, 2.75) is 38.1 Å². The average Bonchev–Trinajstić information content (AvgIpc) is 3.50. The number of carbonyl (C=O) groups is 3. The van der Waals surface area contributed by atoms with E-state index in [0.717, 1.165) is 40.7 Å². The number of H-pyrrole nitrogens is 1. The molecule has 3 heterocycles. The van der Waals surface area contributed by atoms with E-state index in [0.29, 0.717) is 43.1 Å². The summed E-state index contributed by atoms with van der Waals surface area (Å²) >= 11 is 6.41. The molecule has 4 aromatic rings. The number of piperidine rings is 1. The number of urea groups is 1. The zero-order chi connectivity index (χ0) is 32.4. The Labute approximate surface area is 275 Å². The highest BCUT2D eigenvalue weighted by molar-refractivity contribution is 6.30. The predicted molar refractivity (Wildman–Crippen MR) is 184 cm³/mol. The van der Waals surface area contributed by atoms with Gasteiger partial charge in [-0.05, 0) is 74.7 Å². The Bertz CT molecular complexity index is 1710. The summed E-state index contributed by atoms with van der Waals surface area (Å²) in [5.74, 6) is -0.259. The number of para-hydroxylation sites is 1. The fraction of sp³-hybridized carbons (Fsp3) is 0.378. The summed E-state index contributed by atoms with van der Waals surface area (Å²) in [6.07, 6.45) is 3.94. The third-order valence-corrected chi connectivity index (χ3v) is 9.77. The van der Waals surface area contributed by atoms with Gasteiger partial charge in [-0.15, -0.1) is 0 Å². The quantitative estimate of drug-likeness (QED) is 0.220. The molecule has 0 spiro atoms. The van der Waals surface area contributed by atoms with Gasteiger partial charge in [0.25, 0.3) is 0 Å². The molecular weight excluding hydrogens is 598 g/mol. The van der Waals surface area contributed by atoms with Crippen molar-refractivity contribution in [2.75, 3.05) is 45.2 Å². The third kappa shape index (κ3) is 6.69. The van der Waals surface area contributed by atoms with Crippen molar-refractivity contribution in [3.63, 3.8) is 0 Å². The highest BCUT2D eigenvalue weighted by atomic mass is 35.5. The van der Waals surface area contributed by atoms with E-state index in [2.05, 4.69) is 15.2 Å². The van der Waals surface area contributed by atoms with Crippen molar-refractivity contribution in [3.8, 4) is 0 Å². The van der Waals surface area contributed by atoms with E-state index in [1.165, 1.54) is 0 Å². The van der Waals surface area contributed by atoms with Crippen LogP contribution in [0.2, 0.25) is 5.02 Å². The molecule has 2 aliphatic rings. The first-order chi connectivity index (χ1) is 22.2. The summed E-state index contributed by atoms with van der Waals surface area (Å²) in [7, 11) is 4.08. The van der Waals surface area contributed by atoms with Crippen LogP contribution in [0.5, 0.6) is 0 Å². The first kappa shape index (κ1) is 31.8. The standard InChI is InChI=1S/C37H42ClN5O3/c1-24(31-21-39-32-12-8-7-11-30(31)32)34(36(45)43-23-25(22-41(2)3)19-28-20-29(38)13-14-33(28)43)40-37(46)42-17-15-27(16-18-42)35(44)26-9-5-4-6-10-26/h4-14,20-21,24-25,27,34,39H,15-19,22-23H2,1-3H3,(H,40,46)/t24?,25-,34?/m1/s1. The maximum absolute atomic E-state index is 14.8. The normalized spacial score (nSPS) is 18.3. The predicted octanol–water partition coefficient (Wildman–Crippen LogP) is 6.37. The number of hydrogen-bond acceptors (Lipinski definition) is 4. The van der Waals surface area contributed by atoms with Gasteiger partial charge < -0.3 is 25.0 Å². The topological polar surface area (TPSA) is 88.8 Å². The Morgan fingerprint density at radius 3 is 2.46 bits per heavy atom. The number of Topliss-reactive ketones (excluding diaryl/α,β-unsaturated/α-hetero) is 1. The highest BCUT2D eigenvalue weighted by Crippen LogP contribution is 2.35. The summed E-state index contributed by atoms with van der Waals surface area (Å²) in [4.78, 5) is 50.8. The molecule has 0 radical (unpaired) electrons. The molecule has 3 amide bonds. The fourth-order valence-electron chi connectivity index (χ4n) is 7.19. The molecule has 0 aliphatic carbocycles. The Morgan fingerprint density at radius 2 is 1.72 bits per heavy atom. The van der Waals surface area contributed by atoms with E-state index < -0.39 is 6.04 Å². The number of halogens is 1. The zero-order valence-electron chi connectivity index (χ0n) is 26.7. The fourth-order valence-corrected chi connectivity index (χ4v) is 7.38. The molecule has 3 atom stereocenters. The molecule has 9 heteroatoms. The van der Waals surface area contributed by atoms with E-state index in [-0.39, 0.29) is 35.5 Å². The van der Waals surface area contributed by atoms with Crippen molar-refractivity contribution in [1.82, 2.24) is 20.1 Å². The van der Waals surface area contributed by atoms with E-state index >= 15 is 0 Å². The lowest BCUT2D eigenvalue weighted by Crippen LogP contribution is -2.57. The van der Waals surface area contributed by atoms with E-state index in [1.54, 1.807) is 4.90 Å². The molecular formula is C37H42ClN5O3. The summed E-state index contributed by atoms with van der Waals surface area (Å²) < 4.78 is 0. The maximum atomic E-state index is 14.8. The molecule has 1 aromatic heterocycles. The molecule has 1 saturated heterocycles. The van der Waals surface area contributed by atoms with Crippen molar-refractivity contribution < 1.29 is 14.4 Å². The molecule has 2 aliphatic heterocycles. The van der Waals surface area contributed by atoms with Gasteiger partial charge in [-0.2, -0.15) is 0 Å². The SMILES string of the molecule is CC(c1c[nH]c2ccccc12)C(NC(=O)N1CCC(C(=O)c2ccccc2)CC1)C(=O)N1C[C@@H](CN(C)C)Cc2cc(Cl)ccc21. The van der Waals surface area contributed by atoms with Crippen LogP contribution in [0.1, 0.15) is 47.2 Å². The maximum Gasteiger partial charge on any atom is 0.318 e. The minimum atomic E-state index is -0.822. The number of nitrogens with one attached hydrogen (secondary N) is 2. The van der Waals surface area contributed by atoms with Gasteiger partial charge >= 0.3 is 6.03 Å². The molecule has 0 bridgehead atoms. The molecule has 3 aromatic carbocycles. The molecule has 0 saturated carbocycles. The molecule has 2 N–H and O–H groups in total. The van der Waals surface area contributed by atoms with Gasteiger partial charge in [0.2, 0.25) is 5.91 Å². The van der Waals surface area contributed by atoms with Gasteiger partial charge in [0, 0.05) is 71.4 Å². The minimum Gasteiger partial charge on any atom is -0.361 e. The second-order valence-electron chi connectivity index (χ2n) is 13.1. The second-order valence-corrected chi connectivity index (χ2v) is 13.5. The van der Waals surface area contributed by atoms with Crippen LogP contribution in [-0.4, -0.2) is 78.8 Å². The largest absolute Gasteiger partial charge is 0.361 e. The van der Waals surface area contributed by atoms with Gasteiger partial charge in [-0.3, -0.25) is 9.59 Å². The van der Waals surface area contributed by atoms with Crippen molar-refractivity contribution in [3.05, 3.63) is 101 Å². The van der Waals surface area contributed by atoms with Gasteiger partial charge in [0.05, 0.1) is 0 Å². The van der Waals surface area contributed by atoms with Crippen LogP contribution in [-0.2, 0) is 11.2 Å². The lowest BCUT2D eigenvalue weighted by atomic mass is 9.88. The lowest BCUT2D eigenvalue weighted by Gasteiger charge is -2.39. The molecule has 8 nitrogen and oxygen atoms in total. The molecule has 6 rings (SSSR count). The average molecular weight is 640 g/mol. The number of benzene rings is 3. The number of likely N-dealkylation sites (tertiary alicyclic amines) is 1. The monoisotopic (exact) mass is 639 g/mol. The molecule has 46 heavy (non-hydrogen) atoms. The van der Waals surface area contributed by atoms with Crippen molar-refractivity contribution in [2.24, 2.45) is 11.8 Å². The van der Waals surface area contributed by atoms with Gasteiger partial charge in [-0.1, -0.05) is 67.1 Å². The lowest BCUT2D eigenvalue weighted by molar-refractivity contribution is -0.121. The number of fused-ring (bicyclic) bond motifs is 2. The smallest absolute Gasteiger partial charge is 0.318 e. The number of hydrogen-bond donors (Lipinski definition) is 2. The number of aromatic amines is 1. The van der Waals surface area contributed by atoms with E-state index in [1.807, 2.05) is 105 Å². The molecule has 240 valence electrons. The van der Waals surface area contributed by atoms with Crippen LogP contribution < -0.4 is 10.2 Å². The van der Waals surface area contributed by atoms with E-state index in [9.17, 15) is 14.4 Å². The highest BCUT2D eigenvalue weighted by Gasteiger charge is 2.38. The zero-order valence-corrected chi connectivity index (χ0v) is 27.5. The van der Waals surface area contributed by atoms with E-state index in [4.69, 9.17) is 11.6 Å². The van der Waals surface area contributed by atoms with Crippen LogP contribution in [0.3, 0.4) is 0 Å². The van der Waals surface area contributed by atoms with Gasteiger partial charge in [-0.25, -0.2) is 4.79 Å². The number of nitrogens with zero attached hydrogens (tertiary/aromatic N) is 3. The summed E-state index contributed by atoms with van der Waals surface area (Å²) in [6.45, 7) is 4.28. The molecule has 2 unspecified atom stereocenters. The summed E-state index contributed by atoms with van der Waals surface area (Å²) in [5.41, 5.74) is 4.54. The van der Waals surface area contributed by atoms with Gasteiger partial charge in [0.1, 0.15) is 6.04 Å². The Hall–Kier alpha value is -4.14. The number of anilines is 1. The van der Waals surface area contributed by atoms with Crippen LogP contribution in [0, 0.1) is 11.8 Å².